The van der Waals surface area contributed by atoms with E-state index in [1.54, 1.807) is 36.0 Å². The van der Waals surface area contributed by atoms with Crippen LogP contribution in [0.25, 0.3) is 0 Å². The van der Waals surface area contributed by atoms with Gasteiger partial charge >= 0.3 is 0 Å². The number of carbonyl (C=O) groups excluding carboxylic acids is 2. The Balaban J connectivity index is 0.00000441. The Labute approximate surface area is 146 Å². The van der Waals surface area contributed by atoms with E-state index in [-0.39, 0.29) is 24.2 Å². The molecule has 0 heterocycles. The SMILES string of the molecule is CSCC[C@H](N)C(=O)NCCNC(=O)c1ccc(Cl)cc1.Cl. The van der Waals surface area contributed by atoms with Crippen LogP contribution in [0, 0.1) is 0 Å². The fraction of sp³-hybridized carbons (Fsp3) is 0.429. The molecule has 0 unspecified atom stereocenters. The van der Waals surface area contributed by atoms with Gasteiger partial charge in [0, 0.05) is 23.7 Å². The molecular weight excluding hydrogens is 345 g/mol. The standard InChI is InChI=1S/C14H20ClN3O2S.ClH/c1-21-9-6-12(16)14(20)18-8-7-17-13(19)10-2-4-11(15)5-3-10;/h2-5,12H,6-9,16H2,1H3,(H,17,19)(H,18,20);1H/t12-;/m0./s1. The van der Waals surface area contributed by atoms with Crippen molar-refractivity contribution in [1.82, 2.24) is 10.6 Å². The van der Waals surface area contributed by atoms with E-state index in [1.165, 1.54) is 0 Å². The number of thioether (sulfide) groups is 1. The zero-order chi connectivity index (χ0) is 15.7. The minimum atomic E-state index is -0.496. The Hall–Kier alpha value is -0.950. The zero-order valence-electron chi connectivity index (χ0n) is 12.3. The van der Waals surface area contributed by atoms with Crippen molar-refractivity contribution in [1.29, 1.82) is 0 Å². The second kappa shape index (κ2) is 11.6. The Morgan fingerprint density at radius 2 is 1.82 bits per heavy atom. The van der Waals surface area contributed by atoms with Crippen LogP contribution in [0.1, 0.15) is 16.8 Å². The third-order valence-electron chi connectivity index (χ3n) is 2.79. The topological polar surface area (TPSA) is 84.2 Å². The number of hydrogen-bond acceptors (Lipinski definition) is 4. The van der Waals surface area contributed by atoms with E-state index in [2.05, 4.69) is 10.6 Å². The number of hydrogen-bond donors (Lipinski definition) is 3. The largest absolute Gasteiger partial charge is 0.353 e. The van der Waals surface area contributed by atoms with Gasteiger partial charge in [-0.2, -0.15) is 11.8 Å². The molecule has 2 amide bonds. The first-order valence-electron chi connectivity index (χ1n) is 6.60. The molecule has 0 saturated heterocycles. The predicted octanol–water partition coefficient (Wildman–Crippen LogP) is 1.69. The molecule has 8 heteroatoms. The molecule has 0 aliphatic rings. The molecule has 124 valence electrons. The van der Waals surface area contributed by atoms with E-state index in [9.17, 15) is 9.59 Å². The van der Waals surface area contributed by atoms with Crippen molar-refractivity contribution in [3.63, 3.8) is 0 Å². The summed E-state index contributed by atoms with van der Waals surface area (Å²) in [5, 5.41) is 5.99. The Morgan fingerprint density at radius 1 is 1.23 bits per heavy atom. The molecule has 0 fully saturated rings. The number of carbonyl (C=O) groups is 2. The van der Waals surface area contributed by atoms with Crippen molar-refractivity contribution >= 4 is 47.6 Å². The van der Waals surface area contributed by atoms with E-state index in [0.717, 1.165) is 5.75 Å². The van der Waals surface area contributed by atoms with Gasteiger partial charge in [-0.1, -0.05) is 11.6 Å². The van der Waals surface area contributed by atoms with E-state index >= 15 is 0 Å². The van der Waals surface area contributed by atoms with E-state index in [0.29, 0.717) is 30.1 Å². The first-order chi connectivity index (χ1) is 10.0. The zero-order valence-corrected chi connectivity index (χ0v) is 14.7. The maximum absolute atomic E-state index is 11.8. The fourth-order valence-electron chi connectivity index (χ4n) is 1.57. The summed E-state index contributed by atoms with van der Waals surface area (Å²) in [5.74, 6) is 0.458. The minimum absolute atomic E-state index is 0. The van der Waals surface area contributed by atoms with Crippen LogP contribution in [0.5, 0.6) is 0 Å². The molecule has 1 aromatic carbocycles. The van der Waals surface area contributed by atoms with Gasteiger partial charge in [0.25, 0.3) is 5.91 Å². The van der Waals surface area contributed by atoms with Crippen molar-refractivity contribution < 1.29 is 9.59 Å². The lowest BCUT2D eigenvalue weighted by Crippen LogP contribution is -2.43. The summed E-state index contributed by atoms with van der Waals surface area (Å²) in [7, 11) is 0. The lowest BCUT2D eigenvalue weighted by molar-refractivity contribution is -0.122. The number of benzene rings is 1. The first-order valence-corrected chi connectivity index (χ1v) is 8.37. The normalized spacial score (nSPS) is 11.2. The molecule has 0 bridgehead atoms. The van der Waals surface area contributed by atoms with Gasteiger partial charge in [0.2, 0.25) is 5.91 Å². The molecule has 1 rings (SSSR count). The fourth-order valence-corrected chi connectivity index (χ4v) is 2.19. The molecule has 0 aliphatic carbocycles. The van der Waals surface area contributed by atoms with Gasteiger partial charge in [-0.3, -0.25) is 9.59 Å². The first kappa shape index (κ1) is 21.0. The molecule has 0 spiro atoms. The maximum Gasteiger partial charge on any atom is 0.251 e. The van der Waals surface area contributed by atoms with Gasteiger partial charge < -0.3 is 16.4 Å². The number of amides is 2. The molecule has 5 nitrogen and oxygen atoms in total. The second-order valence-corrected chi connectivity index (χ2v) is 5.86. The highest BCUT2D eigenvalue weighted by Crippen LogP contribution is 2.09. The van der Waals surface area contributed by atoms with Crippen molar-refractivity contribution in [3.05, 3.63) is 34.9 Å². The summed E-state index contributed by atoms with van der Waals surface area (Å²) >= 11 is 7.40. The lowest BCUT2D eigenvalue weighted by Gasteiger charge is -2.12. The van der Waals surface area contributed by atoms with Crippen molar-refractivity contribution in [2.45, 2.75) is 12.5 Å². The molecule has 22 heavy (non-hydrogen) atoms. The lowest BCUT2D eigenvalue weighted by atomic mass is 10.2. The summed E-state index contributed by atoms with van der Waals surface area (Å²) < 4.78 is 0. The van der Waals surface area contributed by atoms with Gasteiger partial charge in [0.15, 0.2) is 0 Å². The molecule has 0 saturated carbocycles. The Bertz CT molecular complexity index is 472. The van der Waals surface area contributed by atoms with E-state index in [1.807, 2.05) is 6.26 Å². The van der Waals surface area contributed by atoms with E-state index in [4.69, 9.17) is 17.3 Å². The van der Waals surface area contributed by atoms with Crippen LogP contribution >= 0.6 is 35.8 Å². The maximum atomic E-state index is 11.8. The molecular formula is C14H21Cl2N3O2S. The van der Waals surface area contributed by atoms with Crippen LogP contribution in [0.2, 0.25) is 5.02 Å². The van der Waals surface area contributed by atoms with Crippen LogP contribution in [-0.2, 0) is 4.79 Å². The summed E-state index contributed by atoms with van der Waals surface area (Å²) in [6.45, 7) is 0.702. The summed E-state index contributed by atoms with van der Waals surface area (Å²) in [5.41, 5.74) is 6.26. The second-order valence-electron chi connectivity index (χ2n) is 4.44. The predicted molar refractivity (Wildman–Crippen MR) is 95.0 cm³/mol. The molecule has 4 N–H and O–H groups in total. The number of nitrogens with two attached hydrogens (primary N) is 1. The van der Waals surface area contributed by atoms with Crippen molar-refractivity contribution in [2.75, 3.05) is 25.1 Å². The van der Waals surface area contributed by atoms with Crippen LogP contribution in [0.3, 0.4) is 0 Å². The third-order valence-corrected chi connectivity index (χ3v) is 3.68. The summed E-state index contributed by atoms with van der Waals surface area (Å²) in [6, 6.07) is 6.11. The average molecular weight is 366 g/mol. The van der Waals surface area contributed by atoms with Gasteiger partial charge in [0.1, 0.15) is 0 Å². The highest BCUT2D eigenvalue weighted by atomic mass is 35.5. The van der Waals surface area contributed by atoms with Gasteiger partial charge in [-0.25, -0.2) is 0 Å². The van der Waals surface area contributed by atoms with Crippen LogP contribution in [0.4, 0.5) is 0 Å². The highest BCUT2D eigenvalue weighted by Gasteiger charge is 2.12. The highest BCUT2D eigenvalue weighted by molar-refractivity contribution is 7.98. The van der Waals surface area contributed by atoms with Gasteiger partial charge in [0.05, 0.1) is 6.04 Å². The number of rotatable bonds is 8. The quantitative estimate of drug-likeness (QED) is 0.612. The summed E-state index contributed by atoms with van der Waals surface area (Å²) in [4.78, 5) is 23.4. The minimum Gasteiger partial charge on any atom is -0.353 e. The molecule has 0 aromatic heterocycles. The molecule has 1 aromatic rings. The van der Waals surface area contributed by atoms with Crippen molar-refractivity contribution in [2.24, 2.45) is 5.73 Å². The average Bonchev–Trinajstić information content (AvgIpc) is 2.49. The number of halogens is 2. The molecule has 0 radical (unpaired) electrons. The van der Waals surface area contributed by atoms with Gasteiger partial charge in [-0.05, 0) is 42.7 Å². The Morgan fingerprint density at radius 3 is 2.41 bits per heavy atom. The smallest absolute Gasteiger partial charge is 0.251 e. The van der Waals surface area contributed by atoms with Crippen molar-refractivity contribution in [3.8, 4) is 0 Å². The Kier molecular flexibility index (Phi) is 11.1. The third kappa shape index (κ3) is 7.89. The van der Waals surface area contributed by atoms with Gasteiger partial charge in [-0.15, -0.1) is 12.4 Å². The van der Waals surface area contributed by atoms with Crippen LogP contribution in [-0.4, -0.2) is 43.0 Å². The summed E-state index contributed by atoms with van der Waals surface area (Å²) in [6.07, 6.45) is 2.61. The van der Waals surface area contributed by atoms with Crippen LogP contribution in [0.15, 0.2) is 24.3 Å². The molecule has 0 aliphatic heterocycles. The monoisotopic (exact) mass is 365 g/mol. The van der Waals surface area contributed by atoms with E-state index < -0.39 is 6.04 Å². The molecule has 1 atom stereocenters. The number of nitrogens with one attached hydrogen (secondary N) is 2. The van der Waals surface area contributed by atoms with Crippen LogP contribution < -0.4 is 16.4 Å².